The van der Waals surface area contributed by atoms with Crippen molar-refractivity contribution in [3.8, 4) is 11.1 Å². The summed E-state index contributed by atoms with van der Waals surface area (Å²) in [5.41, 5.74) is 3.30. The highest BCUT2D eigenvalue weighted by molar-refractivity contribution is 5.91. The van der Waals surface area contributed by atoms with Gasteiger partial charge in [-0.1, -0.05) is 30.3 Å². The fourth-order valence-electron chi connectivity index (χ4n) is 4.60. The zero-order valence-corrected chi connectivity index (χ0v) is 14.9. The molecule has 5 rings (SSSR count). The van der Waals surface area contributed by atoms with Gasteiger partial charge in [0, 0.05) is 42.9 Å². The van der Waals surface area contributed by atoms with Crippen LogP contribution in [-0.2, 0) is 6.54 Å². The highest BCUT2D eigenvalue weighted by Crippen LogP contribution is 2.40. The van der Waals surface area contributed by atoms with E-state index in [-0.39, 0.29) is 17.4 Å². The second-order valence-electron chi connectivity index (χ2n) is 7.43. The highest BCUT2D eigenvalue weighted by Gasteiger charge is 2.38. The zero-order valence-electron chi connectivity index (χ0n) is 14.9. The minimum Gasteiger partial charge on any atom is -0.459 e. The van der Waals surface area contributed by atoms with Crippen molar-refractivity contribution >= 4 is 5.91 Å². The molecule has 0 spiro atoms. The first-order valence-corrected chi connectivity index (χ1v) is 9.32. The van der Waals surface area contributed by atoms with Crippen LogP contribution >= 0.6 is 0 Å². The van der Waals surface area contributed by atoms with Crippen molar-refractivity contribution in [3.63, 3.8) is 0 Å². The maximum absolute atomic E-state index is 12.8. The number of benzene rings is 1. The lowest BCUT2D eigenvalue weighted by Crippen LogP contribution is -2.49. The molecule has 136 valence electrons. The molecule has 1 saturated heterocycles. The lowest BCUT2D eigenvalue weighted by atomic mass is 9.80. The van der Waals surface area contributed by atoms with E-state index in [1.54, 1.807) is 18.2 Å². The van der Waals surface area contributed by atoms with Gasteiger partial charge in [0.25, 0.3) is 11.5 Å². The van der Waals surface area contributed by atoms with Gasteiger partial charge in [-0.3, -0.25) is 9.59 Å². The van der Waals surface area contributed by atoms with Crippen LogP contribution < -0.4 is 5.56 Å². The molecule has 1 amide bonds. The summed E-state index contributed by atoms with van der Waals surface area (Å²) in [5, 5.41) is 0. The van der Waals surface area contributed by atoms with Gasteiger partial charge in [-0.15, -0.1) is 0 Å². The summed E-state index contributed by atoms with van der Waals surface area (Å²) in [4.78, 5) is 27.2. The average molecular weight is 360 g/mol. The van der Waals surface area contributed by atoms with Gasteiger partial charge in [-0.05, 0) is 36.1 Å². The van der Waals surface area contributed by atoms with Crippen molar-refractivity contribution in [2.75, 3.05) is 13.1 Å². The molecule has 4 heterocycles. The van der Waals surface area contributed by atoms with Gasteiger partial charge in [0.1, 0.15) is 0 Å². The summed E-state index contributed by atoms with van der Waals surface area (Å²) >= 11 is 0. The first kappa shape index (κ1) is 16.1. The van der Waals surface area contributed by atoms with Gasteiger partial charge in [0.15, 0.2) is 5.76 Å². The Kier molecular flexibility index (Phi) is 3.74. The number of carbonyl (C=O) groups is 1. The molecule has 1 fully saturated rings. The highest BCUT2D eigenvalue weighted by atomic mass is 16.3. The molecule has 0 aliphatic carbocycles. The van der Waals surface area contributed by atoms with Crippen LogP contribution in [0.25, 0.3) is 11.1 Å². The quantitative estimate of drug-likeness (QED) is 0.704. The third-order valence-corrected chi connectivity index (χ3v) is 5.69. The topological polar surface area (TPSA) is 55.5 Å². The Morgan fingerprint density at radius 3 is 2.59 bits per heavy atom. The Labute approximate surface area is 156 Å². The summed E-state index contributed by atoms with van der Waals surface area (Å²) in [5.74, 6) is 0.755. The van der Waals surface area contributed by atoms with E-state index >= 15 is 0 Å². The Morgan fingerprint density at radius 2 is 1.81 bits per heavy atom. The molecule has 2 aliphatic heterocycles. The van der Waals surface area contributed by atoms with Gasteiger partial charge in [0.2, 0.25) is 0 Å². The summed E-state index contributed by atoms with van der Waals surface area (Å²) in [6.45, 7) is 1.93. The number of rotatable bonds is 2. The second kappa shape index (κ2) is 6.27. The maximum atomic E-state index is 12.8. The molecule has 5 heteroatoms. The first-order valence-electron chi connectivity index (χ1n) is 9.32. The van der Waals surface area contributed by atoms with E-state index in [2.05, 4.69) is 12.1 Å². The van der Waals surface area contributed by atoms with Crippen LogP contribution in [0.5, 0.6) is 0 Å². The number of furan rings is 1. The first-order chi connectivity index (χ1) is 13.2. The van der Waals surface area contributed by atoms with Crippen LogP contribution in [0, 0.1) is 5.92 Å². The third kappa shape index (κ3) is 2.70. The number of carbonyl (C=O) groups excluding carboxylic acids is 1. The van der Waals surface area contributed by atoms with Crippen molar-refractivity contribution in [2.45, 2.75) is 18.9 Å². The molecule has 0 radical (unpaired) electrons. The SMILES string of the molecule is O=C(c1ccco1)N1CC2CC(C1)c1c(-c3ccccc3)ccc(=O)n1C2. The number of aromatic nitrogens is 1. The van der Waals surface area contributed by atoms with E-state index < -0.39 is 0 Å². The van der Waals surface area contributed by atoms with E-state index in [1.807, 2.05) is 33.7 Å². The van der Waals surface area contributed by atoms with Crippen LogP contribution in [0.3, 0.4) is 0 Å². The minimum atomic E-state index is -0.0670. The van der Waals surface area contributed by atoms with Crippen LogP contribution in [0.2, 0.25) is 0 Å². The molecule has 0 N–H and O–H groups in total. The Hall–Kier alpha value is -3.08. The van der Waals surface area contributed by atoms with Crippen molar-refractivity contribution in [1.29, 1.82) is 0 Å². The number of hydrogen-bond acceptors (Lipinski definition) is 3. The molecule has 1 aromatic carbocycles. The molecule has 0 saturated carbocycles. The monoisotopic (exact) mass is 360 g/mol. The molecule has 2 aliphatic rings. The van der Waals surface area contributed by atoms with Gasteiger partial charge in [-0.25, -0.2) is 0 Å². The predicted octanol–water partition coefficient (Wildman–Crippen LogP) is 3.37. The van der Waals surface area contributed by atoms with Crippen LogP contribution in [0.4, 0.5) is 0 Å². The van der Waals surface area contributed by atoms with Crippen LogP contribution in [-0.4, -0.2) is 28.5 Å². The predicted molar refractivity (Wildman–Crippen MR) is 102 cm³/mol. The number of piperidine rings is 1. The van der Waals surface area contributed by atoms with Crippen molar-refractivity contribution in [2.24, 2.45) is 5.92 Å². The molecular weight excluding hydrogens is 340 g/mol. The van der Waals surface area contributed by atoms with E-state index in [4.69, 9.17) is 4.42 Å². The van der Waals surface area contributed by atoms with Gasteiger partial charge in [0.05, 0.1) is 6.26 Å². The van der Waals surface area contributed by atoms with Gasteiger partial charge in [-0.2, -0.15) is 0 Å². The minimum absolute atomic E-state index is 0.0465. The standard InChI is InChI=1S/C22H20N2O3/c25-20-9-8-18(16-5-2-1-3-6-16)21-17-11-15(13-24(20)21)12-23(14-17)22(26)19-7-4-10-27-19/h1-10,15,17H,11-14H2. The lowest BCUT2D eigenvalue weighted by molar-refractivity contribution is 0.0564. The maximum Gasteiger partial charge on any atom is 0.289 e. The van der Waals surface area contributed by atoms with Gasteiger partial charge >= 0.3 is 0 Å². The van der Waals surface area contributed by atoms with E-state index in [0.29, 0.717) is 31.3 Å². The zero-order chi connectivity index (χ0) is 18.4. The third-order valence-electron chi connectivity index (χ3n) is 5.69. The largest absolute Gasteiger partial charge is 0.459 e. The van der Waals surface area contributed by atoms with Crippen molar-refractivity contribution in [3.05, 3.63) is 82.7 Å². The molecule has 2 aromatic heterocycles. The second-order valence-corrected chi connectivity index (χ2v) is 7.43. The number of fused-ring (bicyclic) bond motifs is 4. The number of likely N-dealkylation sites (tertiary alicyclic amines) is 1. The van der Waals surface area contributed by atoms with Crippen LogP contribution in [0.15, 0.2) is 70.1 Å². The molecule has 27 heavy (non-hydrogen) atoms. The Morgan fingerprint density at radius 1 is 0.963 bits per heavy atom. The smallest absolute Gasteiger partial charge is 0.289 e. The number of nitrogens with zero attached hydrogens (tertiary/aromatic N) is 2. The Bertz CT molecular complexity index is 1040. The fourth-order valence-corrected chi connectivity index (χ4v) is 4.60. The number of hydrogen-bond donors (Lipinski definition) is 0. The molecule has 2 atom stereocenters. The molecule has 2 bridgehead atoms. The normalized spacial score (nSPS) is 21.0. The lowest BCUT2D eigenvalue weighted by Gasteiger charge is -2.43. The van der Waals surface area contributed by atoms with E-state index in [1.165, 1.54) is 6.26 Å². The fraction of sp³-hybridized carbons (Fsp3) is 0.273. The number of pyridine rings is 1. The summed E-state index contributed by atoms with van der Waals surface area (Å²) in [6, 6.07) is 17.2. The molecular formula is C22H20N2O3. The summed E-state index contributed by atoms with van der Waals surface area (Å²) in [7, 11) is 0. The Balaban J connectivity index is 1.57. The average Bonchev–Trinajstić information content (AvgIpc) is 3.23. The van der Waals surface area contributed by atoms with Crippen molar-refractivity contribution in [1.82, 2.24) is 9.47 Å². The number of amides is 1. The summed E-state index contributed by atoms with van der Waals surface area (Å²) < 4.78 is 7.23. The molecule has 3 aromatic rings. The van der Waals surface area contributed by atoms with Crippen LogP contribution in [0.1, 0.15) is 28.6 Å². The van der Waals surface area contributed by atoms with E-state index in [0.717, 1.165) is 23.2 Å². The van der Waals surface area contributed by atoms with Gasteiger partial charge < -0.3 is 13.9 Å². The van der Waals surface area contributed by atoms with E-state index in [9.17, 15) is 9.59 Å². The van der Waals surface area contributed by atoms with Crippen molar-refractivity contribution < 1.29 is 9.21 Å². The molecule has 5 nitrogen and oxygen atoms in total. The summed E-state index contributed by atoms with van der Waals surface area (Å²) in [6.07, 6.45) is 2.53. The molecule has 2 unspecified atom stereocenters.